The molecular formula is C14H13EuF3O2. The first-order valence-electron chi connectivity index (χ1n) is 5.60. The summed E-state index contributed by atoms with van der Waals surface area (Å²) in [6, 6.07) is 11.0. The van der Waals surface area contributed by atoms with E-state index in [9.17, 15) is 9.67 Å². The predicted molar refractivity (Wildman–Crippen MR) is 68.0 cm³/mol. The number of halogens is 3. The molecule has 0 spiro atoms. The summed E-state index contributed by atoms with van der Waals surface area (Å²) >= 11 is -6.90. The van der Waals surface area contributed by atoms with Crippen molar-refractivity contribution in [2.45, 2.75) is 13.8 Å². The van der Waals surface area contributed by atoms with E-state index >= 15 is 0 Å². The molecule has 0 amide bonds. The quantitative estimate of drug-likeness (QED) is 0.720. The molecular weight excluding hydrogens is 409 g/mol. The number of carbonyl (C=O) groups excluding carboxylic acids is 2. The number of fused-ring (bicyclic) bond motifs is 1. The van der Waals surface area contributed by atoms with E-state index < -0.39 is 42.9 Å². The second-order valence-electron chi connectivity index (χ2n) is 4.08. The van der Waals surface area contributed by atoms with Gasteiger partial charge in [-0.3, -0.25) is 0 Å². The molecule has 0 bridgehead atoms. The molecule has 0 radical (unpaired) electrons. The summed E-state index contributed by atoms with van der Waals surface area (Å²) in [6.45, 7) is 3.06. The van der Waals surface area contributed by atoms with Crippen molar-refractivity contribution in [3.63, 3.8) is 0 Å². The first kappa shape index (κ1) is 17.5. The molecule has 109 valence electrons. The van der Waals surface area contributed by atoms with E-state index in [1.165, 1.54) is 26.0 Å². The zero-order valence-electron chi connectivity index (χ0n) is 10.9. The molecule has 0 atom stereocenters. The van der Waals surface area contributed by atoms with Crippen LogP contribution >= 0.6 is 0 Å². The molecule has 0 fully saturated rings. The summed E-state index contributed by atoms with van der Waals surface area (Å²) in [5.41, 5.74) is -0.211. The first-order chi connectivity index (χ1) is 9.23. The number of carbonyl (C=O) groups is 2. The van der Waals surface area contributed by atoms with E-state index in [0.717, 1.165) is 0 Å². The molecule has 2 aromatic carbocycles. The van der Waals surface area contributed by atoms with Crippen molar-refractivity contribution in [3.8, 4) is 0 Å². The fourth-order valence-corrected chi connectivity index (χ4v) is 2.78. The molecule has 0 aromatic heterocycles. The molecule has 0 aliphatic carbocycles. The van der Waals surface area contributed by atoms with Crippen molar-refractivity contribution in [1.29, 1.82) is 0 Å². The zero-order chi connectivity index (χ0) is 15.3. The maximum atomic E-state index is 12.5. The molecule has 2 aromatic rings. The molecule has 0 aliphatic heterocycles. The Balaban J connectivity index is 0.000000444. The van der Waals surface area contributed by atoms with Crippen molar-refractivity contribution in [1.82, 2.24) is 0 Å². The van der Waals surface area contributed by atoms with Gasteiger partial charge in [-0.2, -0.15) is 0 Å². The van der Waals surface area contributed by atoms with Gasteiger partial charge in [0.1, 0.15) is 5.78 Å². The van der Waals surface area contributed by atoms with Crippen molar-refractivity contribution < 1.29 is 52.4 Å². The summed E-state index contributed by atoms with van der Waals surface area (Å²) in [7, 11) is 0. The topological polar surface area (TPSA) is 34.1 Å². The molecule has 0 saturated heterocycles. The standard InChI is InChI=1S/C11H7O.C3H6O.Eu.3FH/c12-8-10-6-3-5-9-4-1-2-7-11(9)10;1-3(2)4;;;;/h1-7H;1-2H3;;3*1H/q;;+3;;;/p-3. The molecule has 0 N–H and O–H groups in total. The Kier molecular flexibility index (Phi) is 6.49. The Morgan fingerprint density at radius 3 is 1.95 bits per heavy atom. The Labute approximate surface area is 129 Å². The summed E-state index contributed by atoms with van der Waals surface area (Å²) in [5, 5.41) is 1.03. The minimum absolute atomic E-state index is 0.167. The van der Waals surface area contributed by atoms with Gasteiger partial charge in [-0.15, -0.1) is 0 Å². The molecule has 20 heavy (non-hydrogen) atoms. The Morgan fingerprint density at radius 1 is 0.900 bits per heavy atom. The molecule has 0 aliphatic rings. The van der Waals surface area contributed by atoms with Crippen LogP contribution in [0.15, 0.2) is 42.5 Å². The number of Topliss-reactive ketones (excluding diaryl/α,β-unsaturated/α-hetero) is 1. The summed E-state index contributed by atoms with van der Waals surface area (Å²) < 4.78 is 35.9. The number of ketones is 1. The number of rotatable bonds is 2. The molecule has 2 rings (SSSR count). The van der Waals surface area contributed by atoms with Gasteiger partial charge in [0.2, 0.25) is 0 Å². The minimum atomic E-state index is -6.90. The normalized spacial score (nSPS) is 11.4. The summed E-state index contributed by atoms with van der Waals surface area (Å²) in [5.74, 6) is 0.167. The molecule has 0 unspecified atom stereocenters. The van der Waals surface area contributed by atoms with Gasteiger partial charge in [0.05, 0.1) is 0 Å². The van der Waals surface area contributed by atoms with Crippen LogP contribution in [0.3, 0.4) is 0 Å². The van der Waals surface area contributed by atoms with Gasteiger partial charge in [0, 0.05) is 0 Å². The van der Waals surface area contributed by atoms with Crippen LogP contribution in [0.5, 0.6) is 0 Å². The summed E-state index contributed by atoms with van der Waals surface area (Å²) in [6.07, 6.45) is 0. The summed E-state index contributed by atoms with van der Waals surface area (Å²) in [4.78, 5) is 20.7. The number of benzene rings is 2. The van der Waals surface area contributed by atoms with Crippen LogP contribution in [0, 0.1) is 42.7 Å². The molecule has 2 nitrogen and oxygen atoms in total. The van der Waals surface area contributed by atoms with Crippen LogP contribution in [-0.2, 0) is 4.79 Å². The van der Waals surface area contributed by atoms with Gasteiger partial charge < -0.3 is 4.79 Å². The predicted octanol–water partition coefficient (Wildman–Crippen LogP) is 4.39. The zero-order valence-corrected chi connectivity index (χ0v) is 13.3. The third-order valence-electron chi connectivity index (χ3n) is 2.20. The molecule has 0 heterocycles. The third kappa shape index (κ3) is 5.07. The van der Waals surface area contributed by atoms with E-state index in [1.54, 1.807) is 30.3 Å². The fourth-order valence-electron chi connectivity index (χ4n) is 1.51. The molecule has 0 saturated carbocycles. The number of hydrogen-bond donors (Lipinski definition) is 0. The van der Waals surface area contributed by atoms with Gasteiger partial charge in [0.15, 0.2) is 0 Å². The van der Waals surface area contributed by atoms with Gasteiger partial charge in [0.25, 0.3) is 0 Å². The van der Waals surface area contributed by atoms with Crippen LogP contribution in [0.4, 0.5) is 0.0763 Å². The van der Waals surface area contributed by atoms with Crippen LogP contribution < -0.4 is 0 Å². The van der Waals surface area contributed by atoms with E-state index in [4.69, 9.17) is 0 Å². The van der Waals surface area contributed by atoms with Crippen molar-refractivity contribution in [3.05, 3.63) is 48.0 Å². The van der Waals surface area contributed by atoms with Crippen LogP contribution in [0.2, 0.25) is 0 Å². The van der Waals surface area contributed by atoms with E-state index in [2.05, 4.69) is 0 Å². The third-order valence-corrected chi connectivity index (χ3v) is 4.10. The van der Waals surface area contributed by atoms with Crippen LogP contribution in [0.25, 0.3) is 10.8 Å². The SMILES string of the molecule is CC(C)=O.O=[C](c1cccc2ccccc12)[Eu]([F])([F])[F]. The fraction of sp³-hybridized carbons (Fsp3) is 0.143. The monoisotopic (exact) mass is 423 g/mol. The van der Waals surface area contributed by atoms with Gasteiger partial charge in [-0.25, -0.2) is 0 Å². The number of hydrogen-bond acceptors (Lipinski definition) is 2. The van der Waals surface area contributed by atoms with Gasteiger partial charge >= 0.3 is 107 Å². The average Bonchev–Trinajstić information content (AvgIpc) is 2.35. The average molecular weight is 422 g/mol. The Bertz CT molecular complexity index is 626. The first-order valence-corrected chi connectivity index (χ1v) is 9.56. The Hall–Kier alpha value is -0.586. The van der Waals surface area contributed by atoms with E-state index in [1.807, 2.05) is 0 Å². The molecule has 6 heteroatoms. The van der Waals surface area contributed by atoms with Gasteiger partial charge in [-0.1, -0.05) is 0 Å². The van der Waals surface area contributed by atoms with Crippen LogP contribution in [-0.4, -0.2) is 5.96 Å². The van der Waals surface area contributed by atoms with Crippen LogP contribution in [0.1, 0.15) is 24.2 Å². The van der Waals surface area contributed by atoms with Crippen molar-refractivity contribution in [2.75, 3.05) is 0 Å². The maximum absolute atomic E-state index is 12.5. The van der Waals surface area contributed by atoms with E-state index in [0.29, 0.717) is 10.8 Å². The van der Waals surface area contributed by atoms with Crippen molar-refractivity contribution >= 4 is 16.7 Å². The van der Waals surface area contributed by atoms with Gasteiger partial charge in [-0.05, 0) is 13.8 Å². The second kappa shape index (κ2) is 7.43. The second-order valence-corrected chi connectivity index (χ2v) is 7.60. The van der Waals surface area contributed by atoms with Crippen molar-refractivity contribution in [2.24, 2.45) is 0 Å². The van der Waals surface area contributed by atoms with E-state index in [-0.39, 0.29) is 11.3 Å². The Morgan fingerprint density at radius 2 is 1.40 bits per heavy atom.